The average Bonchev–Trinajstić information content (AvgIpc) is 2.81. The predicted octanol–water partition coefficient (Wildman–Crippen LogP) is 1.99. The Bertz CT molecular complexity index is 866. The number of benzene rings is 1. The molecule has 0 aliphatic rings. The van der Waals surface area contributed by atoms with Gasteiger partial charge in [-0.25, -0.2) is 4.79 Å². The van der Waals surface area contributed by atoms with Crippen LogP contribution in [-0.4, -0.2) is 60.2 Å². The lowest BCUT2D eigenvalue weighted by Crippen LogP contribution is -2.49. The van der Waals surface area contributed by atoms with Gasteiger partial charge in [0.2, 0.25) is 11.8 Å². The summed E-state index contributed by atoms with van der Waals surface area (Å²) in [5.41, 5.74) is 7.08. The van der Waals surface area contributed by atoms with Crippen molar-refractivity contribution in [1.29, 1.82) is 0 Å². The van der Waals surface area contributed by atoms with Crippen molar-refractivity contribution in [3.05, 3.63) is 29.8 Å². The molecule has 0 radical (unpaired) electrons. The van der Waals surface area contributed by atoms with E-state index in [1.165, 1.54) is 17.7 Å². The van der Waals surface area contributed by atoms with Gasteiger partial charge in [-0.3, -0.25) is 24.5 Å². The Kier molecular flexibility index (Phi) is 14.8. The van der Waals surface area contributed by atoms with Gasteiger partial charge in [-0.2, -0.15) is 0 Å². The van der Waals surface area contributed by atoms with E-state index in [1.54, 1.807) is 42.0 Å². The topological polar surface area (TPSA) is 159 Å². The van der Waals surface area contributed by atoms with Crippen LogP contribution >= 0.6 is 21.6 Å². The highest BCUT2D eigenvalue weighted by atomic mass is 33.1. The number of nitrogens with two attached hydrogens (primary N) is 1. The second-order valence-corrected chi connectivity index (χ2v) is 10.4. The number of urea groups is 1. The minimum atomic E-state index is -0.887. The summed E-state index contributed by atoms with van der Waals surface area (Å²) >= 11 is 0. The molecule has 0 aliphatic carbocycles. The summed E-state index contributed by atoms with van der Waals surface area (Å²) in [6, 6.07) is 4.51. The second kappa shape index (κ2) is 17.0. The first-order valence-electron chi connectivity index (χ1n) is 11.3. The number of amides is 5. The van der Waals surface area contributed by atoms with Crippen LogP contribution < -0.4 is 27.0 Å². The van der Waals surface area contributed by atoms with Gasteiger partial charge in [-0.15, -0.1) is 0 Å². The molecule has 0 spiro atoms. The van der Waals surface area contributed by atoms with Gasteiger partial charge in [0.25, 0.3) is 5.91 Å². The van der Waals surface area contributed by atoms with Gasteiger partial charge in [0.05, 0.1) is 6.04 Å². The zero-order chi connectivity index (χ0) is 26.2. The summed E-state index contributed by atoms with van der Waals surface area (Å²) in [4.78, 5) is 59.9. The van der Waals surface area contributed by atoms with Crippen LogP contribution in [0.3, 0.4) is 0 Å². The second-order valence-electron chi connectivity index (χ2n) is 7.84. The summed E-state index contributed by atoms with van der Waals surface area (Å²) in [6.45, 7) is 3.56. The predicted molar refractivity (Wildman–Crippen MR) is 141 cm³/mol. The van der Waals surface area contributed by atoms with E-state index in [2.05, 4.69) is 21.3 Å². The van der Waals surface area contributed by atoms with Crippen LogP contribution in [0.25, 0.3) is 0 Å². The number of carbonyl (C=O) groups is 5. The van der Waals surface area contributed by atoms with E-state index in [1.807, 2.05) is 6.26 Å². The maximum Gasteiger partial charge on any atom is 0.325 e. The molecule has 1 aromatic carbocycles. The zero-order valence-electron chi connectivity index (χ0n) is 20.3. The number of imide groups is 1. The van der Waals surface area contributed by atoms with Crippen molar-refractivity contribution in [2.24, 2.45) is 5.73 Å². The number of nitrogens with one attached hydrogen (secondary N) is 4. The lowest BCUT2D eigenvalue weighted by molar-refractivity contribution is -0.128. The summed E-state index contributed by atoms with van der Waals surface area (Å²) in [5.74, 6) is -0.616. The maximum atomic E-state index is 12.6. The zero-order valence-corrected chi connectivity index (χ0v) is 22.0. The van der Waals surface area contributed by atoms with E-state index in [9.17, 15) is 24.0 Å². The van der Waals surface area contributed by atoms with Gasteiger partial charge in [-0.1, -0.05) is 40.6 Å². The van der Waals surface area contributed by atoms with Crippen molar-refractivity contribution in [3.8, 4) is 0 Å². The van der Waals surface area contributed by atoms with E-state index >= 15 is 0 Å². The van der Waals surface area contributed by atoms with Crippen LogP contribution in [0.1, 0.15) is 45.1 Å². The summed E-state index contributed by atoms with van der Waals surface area (Å²) in [5, 5.41) is 10.2. The molecule has 194 valence electrons. The Balaban J connectivity index is 2.52. The molecule has 35 heavy (non-hydrogen) atoms. The lowest BCUT2D eigenvalue weighted by atomic mass is 10.1. The molecular formula is C23H35N5O5S2. The van der Waals surface area contributed by atoms with Gasteiger partial charge in [0, 0.05) is 30.8 Å². The SMILES string of the molecule is CCC(=O)NC(CCCCNC(=O)C(N)CSSC)C(=O)NC(=O)Nc1ccc(CC(C)=O)cc1. The van der Waals surface area contributed by atoms with Crippen LogP contribution in [0.4, 0.5) is 10.5 Å². The Morgan fingerprint density at radius 2 is 1.71 bits per heavy atom. The van der Waals surface area contributed by atoms with Crippen molar-refractivity contribution < 1.29 is 24.0 Å². The Morgan fingerprint density at radius 1 is 1.03 bits per heavy atom. The van der Waals surface area contributed by atoms with Gasteiger partial charge in [0.15, 0.2) is 0 Å². The molecule has 1 aromatic rings. The highest BCUT2D eigenvalue weighted by Crippen LogP contribution is 2.17. The maximum absolute atomic E-state index is 12.6. The first kappa shape index (κ1) is 30.5. The molecule has 0 heterocycles. The number of ketones is 1. The molecule has 6 N–H and O–H groups in total. The molecular weight excluding hydrogens is 490 g/mol. The van der Waals surface area contributed by atoms with Gasteiger partial charge < -0.3 is 21.7 Å². The minimum absolute atomic E-state index is 0.0328. The molecule has 10 nitrogen and oxygen atoms in total. The highest BCUT2D eigenvalue weighted by Gasteiger charge is 2.22. The molecule has 0 aliphatic heterocycles. The van der Waals surface area contributed by atoms with E-state index in [0.717, 1.165) is 5.56 Å². The molecule has 0 fully saturated rings. The molecule has 0 bridgehead atoms. The number of rotatable bonds is 15. The van der Waals surface area contributed by atoms with Crippen molar-refractivity contribution in [1.82, 2.24) is 16.0 Å². The number of hydrogen-bond acceptors (Lipinski definition) is 8. The van der Waals surface area contributed by atoms with Crippen LogP contribution in [-0.2, 0) is 25.6 Å². The third-order valence-electron chi connectivity index (χ3n) is 4.80. The summed E-state index contributed by atoms with van der Waals surface area (Å²) in [6.07, 6.45) is 3.84. The fourth-order valence-electron chi connectivity index (χ4n) is 2.95. The molecule has 5 amide bonds. The monoisotopic (exact) mass is 525 g/mol. The molecule has 2 atom stereocenters. The highest BCUT2D eigenvalue weighted by molar-refractivity contribution is 8.76. The number of Topliss-reactive ketones (excluding diaryl/α,β-unsaturated/α-hetero) is 1. The standard InChI is InChI=1S/C23H35N5O5S2/c1-4-20(30)27-19(7-5-6-12-25-21(31)18(24)14-35-34-3)22(32)28-23(33)26-17-10-8-16(9-11-17)13-15(2)29/h8-11,18-19H,4-7,12-14,24H2,1-3H3,(H,25,31)(H,27,30)(H2,26,28,32,33). The minimum Gasteiger partial charge on any atom is -0.355 e. The van der Waals surface area contributed by atoms with E-state index in [0.29, 0.717) is 43.7 Å². The van der Waals surface area contributed by atoms with Gasteiger partial charge in [0.1, 0.15) is 11.8 Å². The van der Waals surface area contributed by atoms with E-state index < -0.39 is 24.0 Å². The van der Waals surface area contributed by atoms with Crippen LogP contribution in [0.2, 0.25) is 0 Å². The van der Waals surface area contributed by atoms with Crippen molar-refractivity contribution in [2.75, 3.05) is 23.9 Å². The quantitative estimate of drug-likeness (QED) is 0.172. The van der Waals surface area contributed by atoms with Crippen LogP contribution in [0.5, 0.6) is 0 Å². The van der Waals surface area contributed by atoms with Crippen molar-refractivity contribution in [3.63, 3.8) is 0 Å². The molecule has 1 rings (SSSR count). The largest absolute Gasteiger partial charge is 0.355 e. The third kappa shape index (κ3) is 13.2. The fraction of sp³-hybridized carbons (Fsp3) is 0.522. The molecule has 0 saturated heterocycles. The number of unbranched alkanes of at least 4 members (excludes halogenated alkanes) is 1. The number of hydrogen-bond donors (Lipinski definition) is 5. The number of carbonyl (C=O) groups excluding carboxylic acids is 5. The fourth-order valence-corrected chi connectivity index (χ4v) is 4.24. The number of anilines is 1. The van der Waals surface area contributed by atoms with Crippen molar-refractivity contribution in [2.45, 2.75) is 58.0 Å². The third-order valence-corrected chi connectivity index (χ3v) is 6.64. The van der Waals surface area contributed by atoms with Gasteiger partial charge in [-0.05, 0) is 50.1 Å². The van der Waals surface area contributed by atoms with Crippen molar-refractivity contribution >= 4 is 56.8 Å². The Labute approximate surface area is 214 Å². The lowest BCUT2D eigenvalue weighted by Gasteiger charge is -2.18. The molecule has 12 heteroatoms. The van der Waals surface area contributed by atoms with E-state index in [4.69, 9.17) is 5.73 Å². The first-order valence-corrected chi connectivity index (χ1v) is 14.1. The molecule has 0 aromatic heterocycles. The van der Waals surface area contributed by atoms with Gasteiger partial charge >= 0.3 is 6.03 Å². The summed E-state index contributed by atoms with van der Waals surface area (Å²) in [7, 11) is 3.06. The van der Waals surface area contributed by atoms with Crippen LogP contribution in [0.15, 0.2) is 24.3 Å². The summed E-state index contributed by atoms with van der Waals surface area (Å²) < 4.78 is 0. The Morgan fingerprint density at radius 3 is 2.31 bits per heavy atom. The normalized spacial score (nSPS) is 12.2. The first-order chi connectivity index (χ1) is 16.7. The Hall–Kier alpha value is -2.57. The smallest absolute Gasteiger partial charge is 0.325 e. The molecule has 2 unspecified atom stereocenters. The average molecular weight is 526 g/mol. The van der Waals surface area contributed by atoms with E-state index in [-0.39, 0.29) is 24.0 Å². The van der Waals surface area contributed by atoms with Crippen LogP contribution in [0, 0.1) is 0 Å². The molecule has 0 saturated carbocycles.